The fourth-order valence-corrected chi connectivity index (χ4v) is 4.77. The van der Waals surface area contributed by atoms with Crippen molar-refractivity contribution >= 4 is 29.2 Å². The van der Waals surface area contributed by atoms with Gasteiger partial charge in [-0.3, -0.25) is 14.3 Å². The maximum Gasteiger partial charge on any atom is 0.387 e. The van der Waals surface area contributed by atoms with Gasteiger partial charge in [0.25, 0.3) is 5.91 Å². The molecule has 0 saturated carbocycles. The summed E-state index contributed by atoms with van der Waals surface area (Å²) in [5.41, 5.74) is 12.2. The summed E-state index contributed by atoms with van der Waals surface area (Å²) >= 11 is 6.20. The van der Waals surface area contributed by atoms with E-state index in [-0.39, 0.29) is 56.8 Å². The zero-order valence-corrected chi connectivity index (χ0v) is 23.8. The van der Waals surface area contributed by atoms with Crippen molar-refractivity contribution in [2.24, 2.45) is 11.5 Å². The Bertz CT molecular complexity index is 1280. The topological polar surface area (TPSA) is 150 Å². The number of likely N-dealkylation sites (tertiary alicyclic amines) is 1. The van der Waals surface area contributed by atoms with E-state index in [4.69, 9.17) is 32.5 Å². The van der Waals surface area contributed by atoms with E-state index in [9.17, 15) is 18.4 Å². The Labute approximate surface area is 242 Å². The Morgan fingerprint density at radius 3 is 2.59 bits per heavy atom. The third-order valence-electron chi connectivity index (χ3n) is 6.57. The second-order valence-electron chi connectivity index (χ2n) is 9.39. The molecule has 1 saturated heterocycles. The van der Waals surface area contributed by atoms with Crippen LogP contribution in [0.5, 0.6) is 5.75 Å². The molecule has 14 heteroatoms. The SMILES string of the molecule is C=C(N)/C(C(=O)Nc1cn(C2CCN(CCCC(=O)OCC)CC2)nc1-c1cc(Cl)ccc1OC(F)F)=C(\N)NC. The first-order valence-corrected chi connectivity index (χ1v) is 13.6. The molecule has 0 aliphatic carbocycles. The molecule has 6 N–H and O–H groups in total. The standard InChI is InChI=1S/C27H36ClF2N7O4/c1-4-40-22(38)6-5-11-36-12-9-18(10-13-36)37-15-20(34-26(39)23(16(2)31)25(32)33-3)24(35-37)19-14-17(28)7-8-21(19)41-27(29)30/h7-8,14-15,18,27,33H,2,4-6,9-13,31-32H2,1,3H3,(H,34,39)/b25-23-. The monoisotopic (exact) mass is 595 g/mol. The van der Waals surface area contributed by atoms with E-state index < -0.39 is 12.5 Å². The van der Waals surface area contributed by atoms with E-state index >= 15 is 0 Å². The van der Waals surface area contributed by atoms with Crippen molar-refractivity contribution in [2.75, 3.05) is 38.6 Å². The molecule has 41 heavy (non-hydrogen) atoms. The van der Waals surface area contributed by atoms with E-state index in [1.165, 1.54) is 25.2 Å². The number of benzene rings is 1. The van der Waals surface area contributed by atoms with Gasteiger partial charge in [0.2, 0.25) is 0 Å². The van der Waals surface area contributed by atoms with Crippen LogP contribution in [0.1, 0.15) is 38.6 Å². The van der Waals surface area contributed by atoms with Crippen LogP contribution >= 0.6 is 11.6 Å². The molecule has 224 valence electrons. The minimum absolute atomic E-state index is 0.00347. The number of anilines is 1. The van der Waals surface area contributed by atoms with Crippen molar-refractivity contribution in [3.8, 4) is 17.0 Å². The summed E-state index contributed by atoms with van der Waals surface area (Å²) in [4.78, 5) is 27.1. The fraction of sp³-hybridized carbons (Fsp3) is 0.444. The summed E-state index contributed by atoms with van der Waals surface area (Å²) in [6.07, 6.45) is 4.17. The van der Waals surface area contributed by atoms with Crippen LogP contribution in [-0.2, 0) is 14.3 Å². The van der Waals surface area contributed by atoms with Gasteiger partial charge in [0, 0.05) is 49.0 Å². The molecule has 1 fully saturated rings. The summed E-state index contributed by atoms with van der Waals surface area (Å²) in [6.45, 7) is 4.97. The first-order chi connectivity index (χ1) is 19.5. The van der Waals surface area contributed by atoms with Gasteiger partial charge in [-0.2, -0.15) is 13.9 Å². The lowest BCUT2D eigenvalue weighted by Crippen LogP contribution is -2.35. The van der Waals surface area contributed by atoms with E-state index in [2.05, 4.69) is 27.2 Å². The normalized spacial score (nSPS) is 14.9. The Kier molecular flexibility index (Phi) is 11.4. The van der Waals surface area contributed by atoms with Gasteiger partial charge in [-0.05, 0) is 50.9 Å². The van der Waals surface area contributed by atoms with Crippen molar-refractivity contribution in [1.82, 2.24) is 20.0 Å². The number of hydrogen-bond donors (Lipinski definition) is 4. The maximum atomic E-state index is 13.2. The highest BCUT2D eigenvalue weighted by atomic mass is 35.5. The summed E-state index contributed by atoms with van der Waals surface area (Å²) in [6, 6.07) is 4.13. The zero-order valence-electron chi connectivity index (χ0n) is 23.1. The molecule has 0 spiro atoms. The molecule has 2 aromatic rings. The molecule has 2 heterocycles. The lowest BCUT2D eigenvalue weighted by Gasteiger charge is -2.32. The summed E-state index contributed by atoms with van der Waals surface area (Å²) < 4.78 is 37.9. The Balaban J connectivity index is 1.89. The van der Waals surface area contributed by atoms with Gasteiger partial charge in [0.05, 0.1) is 18.3 Å². The number of amides is 1. The molecule has 1 aliphatic heterocycles. The minimum atomic E-state index is -3.09. The second kappa shape index (κ2) is 14.7. The number of carbonyl (C=O) groups is 2. The number of piperidine rings is 1. The van der Waals surface area contributed by atoms with Gasteiger partial charge in [-0.1, -0.05) is 18.2 Å². The molecule has 0 atom stereocenters. The number of hydrogen-bond acceptors (Lipinski definition) is 9. The number of nitrogens with zero attached hydrogens (tertiary/aromatic N) is 3. The molecule has 3 rings (SSSR count). The highest BCUT2D eigenvalue weighted by Crippen LogP contribution is 2.38. The molecule has 0 bridgehead atoms. The van der Waals surface area contributed by atoms with Crippen LogP contribution in [0.3, 0.4) is 0 Å². The van der Waals surface area contributed by atoms with Crippen molar-refractivity contribution in [3.63, 3.8) is 0 Å². The Morgan fingerprint density at radius 1 is 1.27 bits per heavy atom. The number of carbonyl (C=O) groups excluding carboxylic acids is 2. The van der Waals surface area contributed by atoms with E-state index in [0.29, 0.717) is 19.4 Å². The van der Waals surface area contributed by atoms with Crippen molar-refractivity contribution in [2.45, 2.75) is 45.3 Å². The third-order valence-corrected chi connectivity index (χ3v) is 6.81. The Morgan fingerprint density at radius 2 is 1.98 bits per heavy atom. The van der Waals surface area contributed by atoms with Crippen LogP contribution in [0.15, 0.2) is 48.1 Å². The molecule has 1 aromatic heterocycles. The van der Waals surface area contributed by atoms with Gasteiger partial charge in [0.15, 0.2) is 0 Å². The van der Waals surface area contributed by atoms with Crippen LogP contribution < -0.4 is 26.8 Å². The number of nitrogens with one attached hydrogen (secondary N) is 2. The van der Waals surface area contributed by atoms with Gasteiger partial charge in [0.1, 0.15) is 22.8 Å². The third kappa shape index (κ3) is 8.57. The molecule has 0 radical (unpaired) electrons. The van der Waals surface area contributed by atoms with Crippen LogP contribution in [-0.4, -0.2) is 66.5 Å². The first kappa shape index (κ1) is 31.7. The number of halogens is 3. The van der Waals surface area contributed by atoms with Crippen LogP contribution in [0.4, 0.5) is 14.5 Å². The largest absolute Gasteiger partial charge is 0.466 e. The first-order valence-electron chi connectivity index (χ1n) is 13.2. The van der Waals surface area contributed by atoms with Gasteiger partial charge >= 0.3 is 12.6 Å². The number of esters is 1. The predicted octanol–water partition coefficient (Wildman–Crippen LogP) is 3.59. The van der Waals surface area contributed by atoms with Crippen LogP contribution in [0.2, 0.25) is 5.02 Å². The molecule has 0 unspecified atom stereocenters. The summed E-state index contributed by atoms with van der Waals surface area (Å²) in [7, 11) is 1.53. The molecule has 1 amide bonds. The number of nitrogens with two attached hydrogens (primary N) is 2. The number of rotatable bonds is 13. The molecular weight excluding hydrogens is 560 g/mol. The maximum absolute atomic E-state index is 13.2. The summed E-state index contributed by atoms with van der Waals surface area (Å²) in [5, 5.41) is 10.4. The van der Waals surface area contributed by atoms with Crippen molar-refractivity contribution < 1.29 is 27.8 Å². The van der Waals surface area contributed by atoms with Crippen molar-refractivity contribution in [1.29, 1.82) is 0 Å². The highest BCUT2D eigenvalue weighted by molar-refractivity contribution is 6.31. The average molecular weight is 596 g/mol. The molecule has 11 nitrogen and oxygen atoms in total. The molecule has 1 aromatic carbocycles. The van der Waals surface area contributed by atoms with E-state index in [1.54, 1.807) is 17.8 Å². The minimum Gasteiger partial charge on any atom is -0.466 e. The van der Waals surface area contributed by atoms with E-state index in [1.807, 2.05) is 0 Å². The van der Waals surface area contributed by atoms with Crippen LogP contribution in [0.25, 0.3) is 11.3 Å². The van der Waals surface area contributed by atoms with Gasteiger partial charge in [-0.25, -0.2) is 0 Å². The molecule has 1 aliphatic rings. The average Bonchev–Trinajstić information content (AvgIpc) is 3.33. The van der Waals surface area contributed by atoms with E-state index in [0.717, 1.165) is 32.5 Å². The number of alkyl halides is 2. The van der Waals surface area contributed by atoms with Crippen molar-refractivity contribution in [3.05, 3.63) is 53.1 Å². The molecular formula is C27H36ClF2N7O4. The quantitative estimate of drug-likeness (QED) is 0.155. The van der Waals surface area contributed by atoms with Gasteiger partial charge < -0.3 is 36.5 Å². The second-order valence-corrected chi connectivity index (χ2v) is 9.83. The van der Waals surface area contributed by atoms with Gasteiger partial charge in [-0.15, -0.1) is 0 Å². The number of ether oxygens (including phenoxy) is 2. The summed E-state index contributed by atoms with van der Waals surface area (Å²) in [5.74, 6) is -1.02. The fourth-order valence-electron chi connectivity index (χ4n) is 4.59. The predicted molar refractivity (Wildman–Crippen MR) is 152 cm³/mol. The lowest BCUT2D eigenvalue weighted by molar-refractivity contribution is -0.143. The lowest BCUT2D eigenvalue weighted by atomic mass is 10.0. The Hall–Kier alpha value is -3.84. The highest BCUT2D eigenvalue weighted by Gasteiger charge is 2.26. The zero-order chi connectivity index (χ0) is 30.1. The smallest absolute Gasteiger partial charge is 0.387 e. The van der Waals surface area contributed by atoms with Crippen LogP contribution in [0, 0.1) is 0 Å². The number of aromatic nitrogens is 2.